The van der Waals surface area contributed by atoms with Crippen molar-refractivity contribution in [2.75, 3.05) is 0 Å². The van der Waals surface area contributed by atoms with E-state index in [1.165, 1.54) is 63.9 Å². The largest absolute Gasteiger partial charge is 0.480 e. The molecular weight excluding hydrogens is 504 g/mol. The van der Waals surface area contributed by atoms with E-state index in [0.29, 0.717) is 23.6 Å². The summed E-state index contributed by atoms with van der Waals surface area (Å²) >= 11 is 0. The molecule has 210 valence electrons. The van der Waals surface area contributed by atoms with Crippen LogP contribution in [0.25, 0.3) is 22.4 Å². The monoisotopic (exact) mass is 542 g/mol. The number of carboxylic acid groups (broad SMARTS) is 1. The Labute approximate surface area is 233 Å². The molecule has 8 heteroatoms. The van der Waals surface area contributed by atoms with Crippen molar-refractivity contribution in [2.24, 2.45) is 11.8 Å². The molecule has 3 aromatic rings. The van der Waals surface area contributed by atoms with Crippen LogP contribution in [-0.4, -0.2) is 48.2 Å². The standard InChI is InChI=1S/C32H38N4O4/c37-29-11-5-10-28(34(29)19-30(38)39)31-32(40)36(27-9-4-3-8-26(27)33-31)25-17-22-12-13-23(18-25)35(22)24-15-20-6-1-2-7-21(14-20)16-24/h3-5,8-11,20-25H,1-2,6-7,12-19H2,(H,38,39)/t20-,21+,22-,23+,24-,25+. The highest BCUT2D eigenvalue weighted by molar-refractivity contribution is 5.78. The van der Waals surface area contributed by atoms with Gasteiger partial charge < -0.3 is 9.67 Å². The summed E-state index contributed by atoms with van der Waals surface area (Å²) in [4.78, 5) is 46.0. The Morgan fingerprint density at radius 3 is 2.20 bits per heavy atom. The summed E-state index contributed by atoms with van der Waals surface area (Å²) in [5.74, 6) is 0.626. The Kier molecular flexibility index (Phi) is 6.61. The van der Waals surface area contributed by atoms with Crippen molar-refractivity contribution in [3.63, 3.8) is 0 Å². The number of hydrogen-bond donors (Lipinski definition) is 1. The molecule has 2 aliphatic heterocycles. The van der Waals surface area contributed by atoms with Gasteiger partial charge in [0, 0.05) is 30.2 Å². The van der Waals surface area contributed by atoms with Crippen molar-refractivity contribution >= 4 is 17.0 Å². The van der Waals surface area contributed by atoms with Crippen LogP contribution in [0.3, 0.4) is 0 Å². The Hall–Kier alpha value is -3.26. The van der Waals surface area contributed by atoms with Gasteiger partial charge in [-0.1, -0.05) is 43.9 Å². The number of carbonyl (C=O) groups is 1. The van der Waals surface area contributed by atoms with E-state index in [0.717, 1.165) is 34.8 Å². The molecule has 4 heterocycles. The molecule has 4 aliphatic rings. The van der Waals surface area contributed by atoms with Gasteiger partial charge in [0.1, 0.15) is 6.54 Å². The maximum Gasteiger partial charge on any atom is 0.323 e. The molecule has 7 rings (SSSR count). The summed E-state index contributed by atoms with van der Waals surface area (Å²) < 4.78 is 3.06. The lowest BCUT2D eigenvalue weighted by atomic mass is 9.76. The second kappa shape index (κ2) is 10.3. The lowest BCUT2D eigenvalue weighted by Gasteiger charge is -2.48. The Balaban J connectivity index is 1.26. The molecule has 2 saturated carbocycles. The first-order valence-corrected chi connectivity index (χ1v) is 15.2. The number of hydrogen-bond acceptors (Lipinski definition) is 5. The fourth-order valence-electron chi connectivity index (χ4n) is 8.81. The van der Waals surface area contributed by atoms with E-state index in [2.05, 4.69) is 4.90 Å². The topological polar surface area (TPSA) is 97.4 Å². The molecule has 6 atom stereocenters. The molecule has 8 nitrogen and oxygen atoms in total. The Bertz CT molecular complexity index is 1530. The number of aromatic nitrogens is 3. The number of benzene rings is 1. The summed E-state index contributed by atoms with van der Waals surface area (Å²) in [7, 11) is 0. The molecule has 1 N–H and O–H groups in total. The van der Waals surface area contributed by atoms with E-state index in [1.807, 2.05) is 28.8 Å². The van der Waals surface area contributed by atoms with Crippen molar-refractivity contribution in [1.29, 1.82) is 0 Å². The average Bonchev–Trinajstić information content (AvgIpc) is 3.09. The quantitative estimate of drug-likeness (QED) is 0.496. The molecule has 0 unspecified atom stereocenters. The van der Waals surface area contributed by atoms with Crippen LogP contribution in [0.1, 0.15) is 76.7 Å². The van der Waals surface area contributed by atoms with Crippen molar-refractivity contribution in [3.8, 4) is 11.4 Å². The molecule has 2 aliphatic carbocycles. The SMILES string of the molecule is O=C(O)Cn1c(-c2nc3ccccc3n([C@H]3C[C@H]4CC[C@@H](C3)N4[C@@H]3C[C@@H]4CCCC[C@@H](C4)C3)c2=O)cccc1=O. The van der Waals surface area contributed by atoms with Crippen LogP contribution in [0.5, 0.6) is 0 Å². The summed E-state index contributed by atoms with van der Waals surface area (Å²) in [5.41, 5.74) is 1.18. The van der Waals surface area contributed by atoms with Gasteiger partial charge in [-0.3, -0.25) is 23.9 Å². The van der Waals surface area contributed by atoms with Crippen LogP contribution < -0.4 is 11.1 Å². The second-order valence-corrected chi connectivity index (χ2v) is 12.7. The zero-order valence-electron chi connectivity index (χ0n) is 23.0. The zero-order valence-corrected chi connectivity index (χ0v) is 23.0. The van der Waals surface area contributed by atoms with E-state index in [4.69, 9.17) is 4.98 Å². The highest BCUT2D eigenvalue weighted by Crippen LogP contribution is 2.48. The molecule has 1 aromatic carbocycles. The van der Waals surface area contributed by atoms with Gasteiger partial charge in [0.2, 0.25) is 0 Å². The van der Waals surface area contributed by atoms with E-state index in [9.17, 15) is 19.5 Å². The molecule has 4 fully saturated rings. The highest BCUT2D eigenvalue weighted by atomic mass is 16.4. The summed E-state index contributed by atoms with van der Waals surface area (Å²) in [6.07, 6.45) is 13.9. The number of rotatable bonds is 5. The average molecular weight is 543 g/mol. The first kappa shape index (κ1) is 25.7. The third-order valence-electron chi connectivity index (χ3n) is 10.3. The third kappa shape index (κ3) is 4.50. The maximum atomic E-state index is 14.2. The Morgan fingerprint density at radius 1 is 0.800 bits per heavy atom. The van der Waals surface area contributed by atoms with Gasteiger partial charge in [-0.2, -0.15) is 0 Å². The molecule has 2 aromatic heterocycles. The minimum absolute atomic E-state index is 0.0436. The van der Waals surface area contributed by atoms with Crippen LogP contribution in [0, 0.1) is 11.8 Å². The number of nitrogens with zero attached hydrogens (tertiary/aromatic N) is 4. The van der Waals surface area contributed by atoms with E-state index < -0.39 is 18.1 Å². The van der Waals surface area contributed by atoms with Crippen LogP contribution in [0.15, 0.2) is 52.1 Å². The number of carboxylic acids is 1. The molecule has 0 amide bonds. The lowest BCUT2D eigenvalue weighted by Crippen LogP contribution is -2.52. The van der Waals surface area contributed by atoms with Gasteiger partial charge in [0.25, 0.3) is 11.1 Å². The van der Waals surface area contributed by atoms with E-state index >= 15 is 0 Å². The highest BCUT2D eigenvalue weighted by Gasteiger charge is 2.47. The van der Waals surface area contributed by atoms with Crippen molar-refractivity contribution in [2.45, 2.75) is 101 Å². The smallest absolute Gasteiger partial charge is 0.323 e. The first-order valence-electron chi connectivity index (χ1n) is 15.2. The van der Waals surface area contributed by atoms with Gasteiger partial charge in [0.05, 0.1) is 16.7 Å². The third-order valence-corrected chi connectivity index (χ3v) is 10.3. The minimum Gasteiger partial charge on any atom is -0.480 e. The van der Waals surface area contributed by atoms with Gasteiger partial charge in [-0.25, -0.2) is 4.98 Å². The van der Waals surface area contributed by atoms with Gasteiger partial charge in [-0.15, -0.1) is 0 Å². The fourth-order valence-corrected chi connectivity index (χ4v) is 8.81. The molecular formula is C32H38N4O4. The van der Waals surface area contributed by atoms with Gasteiger partial charge in [0.15, 0.2) is 5.69 Å². The predicted molar refractivity (Wildman–Crippen MR) is 153 cm³/mol. The summed E-state index contributed by atoms with van der Waals surface area (Å²) in [5, 5.41) is 9.46. The molecule has 2 saturated heterocycles. The summed E-state index contributed by atoms with van der Waals surface area (Å²) in [6.45, 7) is -0.519. The molecule has 40 heavy (non-hydrogen) atoms. The maximum absolute atomic E-state index is 14.2. The fraction of sp³-hybridized carbons (Fsp3) is 0.562. The summed E-state index contributed by atoms with van der Waals surface area (Å²) in [6, 6.07) is 13.9. The van der Waals surface area contributed by atoms with Crippen LogP contribution in [0.2, 0.25) is 0 Å². The van der Waals surface area contributed by atoms with Gasteiger partial charge in [-0.05, 0) is 75.0 Å². The normalized spacial score (nSPS) is 30.3. The van der Waals surface area contributed by atoms with Gasteiger partial charge >= 0.3 is 5.97 Å². The Morgan fingerprint density at radius 2 is 1.50 bits per heavy atom. The predicted octanol–water partition coefficient (Wildman–Crippen LogP) is 4.84. The van der Waals surface area contributed by atoms with Crippen LogP contribution >= 0.6 is 0 Å². The number of para-hydroxylation sites is 2. The molecule has 0 radical (unpaired) electrons. The van der Waals surface area contributed by atoms with Crippen LogP contribution in [0.4, 0.5) is 0 Å². The molecule has 4 bridgehead atoms. The first-order chi connectivity index (χ1) is 19.5. The van der Waals surface area contributed by atoms with E-state index in [1.54, 1.807) is 12.1 Å². The second-order valence-electron chi connectivity index (χ2n) is 12.7. The van der Waals surface area contributed by atoms with Crippen molar-refractivity contribution in [3.05, 3.63) is 63.2 Å². The van der Waals surface area contributed by atoms with Crippen LogP contribution in [-0.2, 0) is 11.3 Å². The van der Waals surface area contributed by atoms with Crippen molar-refractivity contribution in [1.82, 2.24) is 19.0 Å². The number of pyridine rings is 1. The minimum atomic E-state index is -1.14. The molecule has 0 spiro atoms. The lowest BCUT2D eigenvalue weighted by molar-refractivity contribution is -0.137. The van der Waals surface area contributed by atoms with Crippen molar-refractivity contribution < 1.29 is 9.90 Å². The number of aliphatic carboxylic acids is 1. The number of fused-ring (bicyclic) bond motifs is 5. The van der Waals surface area contributed by atoms with E-state index in [-0.39, 0.29) is 23.0 Å². The zero-order chi connectivity index (χ0) is 27.4. The number of piperidine rings is 1.